The summed E-state index contributed by atoms with van der Waals surface area (Å²) >= 11 is 0. The third-order valence-electron chi connectivity index (χ3n) is 2.66. The van der Waals surface area contributed by atoms with Crippen LogP contribution in [-0.2, 0) is 14.6 Å². The van der Waals surface area contributed by atoms with Crippen molar-refractivity contribution in [3.63, 3.8) is 0 Å². The van der Waals surface area contributed by atoms with Crippen molar-refractivity contribution < 1.29 is 13.2 Å². The lowest BCUT2D eigenvalue weighted by molar-refractivity contribution is -0.0152. The molecular weight excluding hydrogens is 250 g/mol. The third-order valence-corrected chi connectivity index (χ3v) is 4.45. The standard InChI is InChI=1S/C13H29NO3S/c1-6-14-12(11-17-13(3,4)5)9-8-10-18(15,16)7-2/h12,14H,6-11H2,1-5H3. The molecule has 0 amide bonds. The molecule has 0 fully saturated rings. The summed E-state index contributed by atoms with van der Waals surface area (Å²) in [6.45, 7) is 11.3. The fourth-order valence-electron chi connectivity index (χ4n) is 1.58. The Balaban J connectivity index is 4.05. The first-order chi connectivity index (χ1) is 8.20. The van der Waals surface area contributed by atoms with E-state index in [-0.39, 0.29) is 23.1 Å². The normalized spacial score (nSPS) is 14.7. The SMILES string of the molecule is CCNC(CCCS(=O)(=O)CC)COC(C)(C)C. The van der Waals surface area contributed by atoms with Crippen LogP contribution < -0.4 is 5.32 Å². The number of rotatable bonds is 9. The van der Waals surface area contributed by atoms with Gasteiger partial charge in [-0.1, -0.05) is 13.8 Å². The molecule has 0 saturated carbocycles. The van der Waals surface area contributed by atoms with Gasteiger partial charge in [0.15, 0.2) is 0 Å². The molecule has 0 aliphatic carbocycles. The lowest BCUT2D eigenvalue weighted by Gasteiger charge is -2.25. The van der Waals surface area contributed by atoms with E-state index in [1.54, 1.807) is 6.92 Å². The zero-order chi connectivity index (χ0) is 14.2. The molecule has 0 aliphatic rings. The van der Waals surface area contributed by atoms with Gasteiger partial charge in [0, 0.05) is 11.8 Å². The van der Waals surface area contributed by atoms with Gasteiger partial charge in [-0.25, -0.2) is 8.42 Å². The summed E-state index contributed by atoms with van der Waals surface area (Å²) in [5.74, 6) is 0.512. The van der Waals surface area contributed by atoms with E-state index >= 15 is 0 Å². The van der Waals surface area contributed by atoms with Crippen LogP contribution in [-0.4, -0.2) is 44.7 Å². The second-order valence-electron chi connectivity index (χ2n) is 5.56. The summed E-state index contributed by atoms with van der Waals surface area (Å²) in [5, 5.41) is 3.34. The highest BCUT2D eigenvalue weighted by Crippen LogP contribution is 2.09. The Labute approximate surface area is 112 Å². The van der Waals surface area contributed by atoms with Crippen molar-refractivity contribution in [2.45, 2.75) is 59.1 Å². The minimum Gasteiger partial charge on any atom is -0.374 e. The Morgan fingerprint density at radius 2 is 1.83 bits per heavy atom. The number of sulfone groups is 1. The van der Waals surface area contributed by atoms with E-state index in [1.807, 2.05) is 27.7 Å². The lowest BCUT2D eigenvalue weighted by Crippen LogP contribution is -2.36. The van der Waals surface area contributed by atoms with Gasteiger partial charge >= 0.3 is 0 Å². The Kier molecular flexibility index (Phi) is 8.06. The van der Waals surface area contributed by atoms with Crippen LogP contribution in [0.2, 0.25) is 0 Å². The number of ether oxygens (including phenoxy) is 1. The monoisotopic (exact) mass is 279 g/mol. The summed E-state index contributed by atoms with van der Waals surface area (Å²) in [6.07, 6.45) is 1.53. The quantitative estimate of drug-likeness (QED) is 0.701. The molecule has 0 radical (unpaired) electrons. The first-order valence-corrected chi connectivity index (χ1v) is 8.60. The van der Waals surface area contributed by atoms with Crippen LogP contribution in [0.1, 0.15) is 47.5 Å². The number of hydrogen-bond acceptors (Lipinski definition) is 4. The molecule has 0 aliphatic heterocycles. The molecule has 18 heavy (non-hydrogen) atoms. The maximum absolute atomic E-state index is 11.4. The van der Waals surface area contributed by atoms with Crippen LogP contribution >= 0.6 is 0 Å². The highest BCUT2D eigenvalue weighted by atomic mass is 32.2. The van der Waals surface area contributed by atoms with E-state index in [2.05, 4.69) is 5.32 Å². The molecule has 5 heteroatoms. The fourth-order valence-corrected chi connectivity index (χ4v) is 2.47. The molecule has 4 nitrogen and oxygen atoms in total. The van der Waals surface area contributed by atoms with Crippen LogP contribution in [0.25, 0.3) is 0 Å². The molecular formula is C13H29NO3S. The summed E-state index contributed by atoms with van der Waals surface area (Å²) in [6, 6.07) is 0.237. The second-order valence-corrected chi connectivity index (χ2v) is 8.03. The van der Waals surface area contributed by atoms with E-state index < -0.39 is 9.84 Å². The smallest absolute Gasteiger partial charge is 0.150 e. The first kappa shape index (κ1) is 17.9. The molecule has 0 saturated heterocycles. The maximum Gasteiger partial charge on any atom is 0.150 e. The fraction of sp³-hybridized carbons (Fsp3) is 1.00. The van der Waals surface area contributed by atoms with Gasteiger partial charge in [-0.15, -0.1) is 0 Å². The number of nitrogens with one attached hydrogen (secondary N) is 1. The molecule has 0 aromatic heterocycles. The van der Waals surface area contributed by atoms with Crippen molar-refractivity contribution in [3.8, 4) is 0 Å². The minimum absolute atomic E-state index is 0.150. The van der Waals surface area contributed by atoms with Crippen molar-refractivity contribution in [3.05, 3.63) is 0 Å². The van der Waals surface area contributed by atoms with E-state index in [9.17, 15) is 8.42 Å². The van der Waals surface area contributed by atoms with Gasteiger partial charge in [0.25, 0.3) is 0 Å². The molecule has 0 heterocycles. The van der Waals surface area contributed by atoms with Gasteiger partial charge in [-0.3, -0.25) is 0 Å². The van der Waals surface area contributed by atoms with Crippen LogP contribution in [0.4, 0.5) is 0 Å². The zero-order valence-electron chi connectivity index (χ0n) is 12.5. The van der Waals surface area contributed by atoms with Crippen LogP contribution in [0, 0.1) is 0 Å². The molecule has 1 N–H and O–H groups in total. The predicted molar refractivity (Wildman–Crippen MR) is 76.7 cm³/mol. The molecule has 0 spiro atoms. The van der Waals surface area contributed by atoms with Crippen molar-refractivity contribution >= 4 is 9.84 Å². The first-order valence-electron chi connectivity index (χ1n) is 6.78. The van der Waals surface area contributed by atoms with Crippen molar-refractivity contribution in [1.82, 2.24) is 5.32 Å². The summed E-state index contributed by atoms with van der Waals surface area (Å²) < 4.78 is 28.5. The Bertz CT molecular complexity index is 307. The predicted octanol–water partition coefficient (Wildman–Crippen LogP) is 1.99. The van der Waals surface area contributed by atoms with Gasteiger partial charge in [0.05, 0.1) is 18.0 Å². The van der Waals surface area contributed by atoms with Gasteiger partial charge in [0.1, 0.15) is 9.84 Å². The molecule has 0 aromatic rings. The second kappa shape index (κ2) is 8.12. The van der Waals surface area contributed by atoms with Gasteiger partial charge in [0.2, 0.25) is 0 Å². The lowest BCUT2D eigenvalue weighted by atomic mass is 10.1. The summed E-state index contributed by atoms with van der Waals surface area (Å²) in [5.41, 5.74) is -0.150. The topological polar surface area (TPSA) is 55.4 Å². The van der Waals surface area contributed by atoms with Crippen LogP contribution in [0.15, 0.2) is 0 Å². The third kappa shape index (κ3) is 9.85. The summed E-state index contributed by atoms with van der Waals surface area (Å²) in [4.78, 5) is 0. The Morgan fingerprint density at radius 1 is 1.22 bits per heavy atom. The van der Waals surface area contributed by atoms with Gasteiger partial charge in [-0.05, 0) is 40.2 Å². The van der Waals surface area contributed by atoms with Gasteiger partial charge in [-0.2, -0.15) is 0 Å². The Morgan fingerprint density at radius 3 is 2.28 bits per heavy atom. The van der Waals surface area contributed by atoms with Gasteiger partial charge < -0.3 is 10.1 Å². The summed E-state index contributed by atoms with van der Waals surface area (Å²) in [7, 11) is -2.84. The molecule has 0 rings (SSSR count). The van der Waals surface area contributed by atoms with Crippen LogP contribution in [0.3, 0.4) is 0 Å². The molecule has 1 atom stereocenters. The van der Waals surface area contributed by atoms with Crippen molar-refractivity contribution in [1.29, 1.82) is 0 Å². The van der Waals surface area contributed by atoms with E-state index in [0.29, 0.717) is 13.0 Å². The molecule has 110 valence electrons. The molecule has 0 bridgehead atoms. The van der Waals surface area contributed by atoms with E-state index in [1.165, 1.54) is 0 Å². The van der Waals surface area contributed by atoms with Crippen molar-refractivity contribution in [2.75, 3.05) is 24.7 Å². The molecule has 0 aromatic carbocycles. The average molecular weight is 279 g/mol. The van der Waals surface area contributed by atoms with Crippen molar-refractivity contribution in [2.24, 2.45) is 0 Å². The highest BCUT2D eigenvalue weighted by molar-refractivity contribution is 7.91. The van der Waals surface area contributed by atoms with Crippen LogP contribution in [0.5, 0.6) is 0 Å². The maximum atomic E-state index is 11.4. The van der Waals surface area contributed by atoms with E-state index in [0.717, 1.165) is 13.0 Å². The number of likely N-dealkylation sites (N-methyl/N-ethyl adjacent to an activating group) is 1. The Hall–Kier alpha value is -0.130. The molecule has 1 unspecified atom stereocenters. The number of hydrogen-bond donors (Lipinski definition) is 1. The zero-order valence-corrected chi connectivity index (χ0v) is 13.3. The van der Waals surface area contributed by atoms with E-state index in [4.69, 9.17) is 4.74 Å². The highest BCUT2D eigenvalue weighted by Gasteiger charge is 2.16. The average Bonchev–Trinajstić information content (AvgIpc) is 2.24. The largest absolute Gasteiger partial charge is 0.374 e. The minimum atomic E-state index is -2.84.